The third kappa shape index (κ3) is 4.52. The Morgan fingerprint density at radius 2 is 1.45 bits per heavy atom. The number of nitrogens with zero attached hydrogens (tertiary/aromatic N) is 1. The summed E-state index contributed by atoms with van der Waals surface area (Å²) < 4.78 is 0. The van der Waals surface area contributed by atoms with Crippen molar-refractivity contribution in [2.24, 2.45) is 0 Å². The van der Waals surface area contributed by atoms with Crippen LogP contribution in [0.4, 0.5) is 0 Å². The maximum atomic E-state index is 4.64. The van der Waals surface area contributed by atoms with E-state index in [0.29, 0.717) is 0 Å². The molecule has 0 saturated carbocycles. The molecule has 1 aromatic heterocycles. The highest BCUT2D eigenvalue weighted by Gasteiger charge is 2.00. The second-order valence-corrected chi connectivity index (χ2v) is 8.94. The first-order valence-electron chi connectivity index (χ1n) is 7.98. The number of hydrogen-bond donors (Lipinski definition) is 0. The number of benzene rings is 2. The van der Waals surface area contributed by atoms with Gasteiger partial charge in [-0.05, 0) is 42.0 Å². The van der Waals surface area contributed by atoms with Gasteiger partial charge < -0.3 is 0 Å². The van der Waals surface area contributed by atoms with E-state index in [1.165, 1.54) is 16.3 Å². The summed E-state index contributed by atoms with van der Waals surface area (Å²) in [6, 6.07) is 16.7. The van der Waals surface area contributed by atoms with E-state index in [1.54, 1.807) is 0 Å². The quantitative estimate of drug-likeness (QED) is 0.407. The SMILES string of the molecule is CC(C)PC(C)C.Cc1cccc2nc3ccccc3cc12. The molecule has 0 aliphatic carbocycles. The molecule has 0 spiro atoms. The molecule has 0 aliphatic heterocycles. The third-order valence-electron chi connectivity index (χ3n) is 3.45. The van der Waals surface area contributed by atoms with Gasteiger partial charge in [0, 0.05) is 10.8 Å². The minimum atomic E-state index is 0.903. The minimum absolute atomic E-state index is 0.903. The fourth-order valence-corrected chi connectivity index (χ4v) is 3.95. The normalized spacial score (nSPS) is 11.0. The Hall–Kier alpha value is -1.46. The predicted molar refractivity (Wildman–Crippen MR) is 103 cm³/mol. The number of rotatable bonds is 2. The fourth-order valence-electron chi connectivity index (χ4n) is 2.61. The smallest absolute Gasteiger partial charge is 0.0712 e. The van der Waals surface area contributed by atoms with E-state index in [2.05, 4.69) is 76.0 Å². The number of aromatic nitrogens is 1. The van der Waals surface area contributed by atoms with E-state index < -0.39 is 0 Å². The molecule has 0 radical (unpaired) electrons. The first-order valence-corrected chi connectivity index (χ1v) is 9.14. The Labute approximate surface area is 135 Å². The molecule has 1 heterocycles. The van der Waals surface area contributed by atoms with Gasteiger partial charge >= 0.3 is 0 Å². The lowest BCUT2D eigenvalue weighted by Gasteiger charge is -2.06. The Bertz CT molecular complexity index is 741. The average molecular weight is 311 g/mol. The van der Waals surface area contributed by atoms with Gasteiger partial charge in [0.05, 0.1) is 11.0 Å². The highest BCUT2D eigenvalue weighted by atomic mass is 31.1. The predicted octanol–water partition coefficient (Wildman–Crippen LogP) is 6.18. The molecule has 0 unspecified atom stereocenters. The van der Waals surface area contributed by atoms with Crippen LogP contribution < -0.4 is 0 Å². The van der Waals surface area contributed by atoms with Crippen LogP contribution in [0.2, 0.25) is 0 Å². The molecular weight excluding hydrogens is 285 g/mol. The molecule has 0 bridgehead atoms. The second kappa shape index (κ2) is 7.70. The van der Waals surface area contributed by atoms with Crippen LogP contribution >= 0.6 is 8.58 Å². The number of pyridine rings is 1. The van der Waals surface area contributed by atoms with Crippen molar-refractivity contribution in [1.29, 1.82) is 0 Å². The van der Waals surface area contributed by atoms with Crippen molar-refractivity contribution in [1.82, 2.24) is 4.98 Å². The number of aryl methyl sites for hydroxylation is 1. The molecule has 0 N–H and O–H groups in total. The second-order valence-electron chi connectivity index (χ2n) is 6.30. The average Bonchev–Trinajstić information content (AvgIpc) is 2.45. The van der Waals surface area contributed by atoms with Gasteiger partial charge in [-0.2, -0.15) is 0 Å². The number of para-hydroxylation sites is 1. The minimum Gasteiger partial charge on any atom is -0.248 e. The fraction of sp³-hybridized carbons (Fsp3) is 0.350. The van der Waals surface area contributed by atoms with E-state index in [9.17, 15) is 0 Å². The monoisotopic (exact) mass is 311 g/mol. The first-order chi connectivity index (χ1) is 10.5. The van der Waals surface area contributed by atoms with Gasteiger partial charge in [0.1, 0.15) is 0 Å². The van der Waals surface area contributed by atoms with E-state index in [4.69, 9.17) is 0 Å². The van der Waals surface area contributed by atoms with Gasteiger partial charge in [0.15, 0.2) is 0 Å². The molecule has 116 valence electrons. The van der Waals surface area contributed by atoms with E-state index >= 15 is 0 Å². The summed E-state index contributed by atoms with van der Waals surface area (Å²) in [5, 5.41) is 2.45. The van der Waals surface area contributed by atoms with E-state index in [1.807, 2.05) is 12.1 Å². The summed E-state index contributed by atoms with van der Waals surface area (Å²) in [6.07, 6.45) is 0. The lowest BCUT2D eigenvalue weighted by Crippen LogP contribution is -1.90. The van der Waals surface area contributed by atoms with Crippen molar-refractivity contribution in [3.8, 4) is 0 Å². The molecule has 0 amide bonds. The van der Waals surface area contributed by atoms with Gasteiger partial charge in [-0.1, -0.05) is 58.0 Å². The van der Waals surface area contributed by atoms with Crippen LogP contribution in [-0.2, 0) is 0 Å². The summed E-state index contributed by atoms with van der Waals surface area (Å²) in [4.78, 5) is 4.64. The molecular formula is C20H26NP. The Morgan fingerprint density at radius 1 is 0.818 bits per heavy atom. The van der Waals surface area contributed by atoms with Crippen LogP contribution in [0.5, 0.6) is 0 Å². The van der Waals surface area contributed by atoms with Crippen molar-refractivity contribution >= 4 is 30.4 Å². The van der Waals surface area contributed by atoms with Gasteiger partial charge in [0.25, 0.3) is 0 Å². The van der Waals surface area contributed by atoms with Crippen molar-refractivity contribution in [2.45, 2.75) is 45.9 Å². The van der Waals surface area contributed by atoms with Crippen molar-refractivity contribution in [3.63, 3.8) is 0 Å². The van der Waals surface area contributed by atoms with Crippen LogP contribution in [0.25, 0.3) is 21.8 Å². The molecule has 3 rings (SSSR count). The number of fused-ring (bicyclic) bond motifs is 2. The molecule has 22 heavy (non-hydrogen) atoms. The molecule has 0 aliphatic rings. The van der Waals surface area contributed by atoms with Crippen LogP contribution in [0.1, 0.15) is 33.3 Å². The summed E-state index contributed by atoms with van der Waals surface area (Å²) in [6.45, 7) is 11.2. The van der Waals surface area contributed by atoms with E-state index in [0.717, 1.165) is 30.9 Å². The highest BCUT2D eigenvalue weighted by Crippen LogP contribution is 2.23. The molecule has 3 aromatic rings. The molecule has 2 aromatic carbocycles. The Kier molecular flexibility index (Phi) is 5.91. The van der Waals surface area contributed by atoms with Gasteiger partial charge in [-0.25, -0.2) is 4.98 Å². The number of hydrogen-bond acceptors (Lipinski definition) is 1. The first kappa shape index (κ1) is 16.9. The zero-order valence-electron chi connectivity index (χ0n) is 14.2. The van der Waals surface area contributed by atoms with Crippen LogP contribution in [0.15, 0.2) is 48.5 Å². The molecule has 2 heteroatoms. The largest absolute Gasteiger partial charge is 0.248 e. The molecule has 1 nitrogen and oxygen atoms in total. The molecule has 0 atom stereocenters. The van der Waals surface area contributed by atoms with Gasteiger partial charge in [-0.3, -0.25) is 0 Å². The summed E-state index contributed by atoms with van der Waals surface area (Å²) >= 11 is 0. The topological polar surface area (TPSA) is 12.9 Å². The van der Waals surface area contributed by atoms with Crippen LogP contribution in [-0.4, -0.2) is 16.3 Å². The van der Waals surface area contributed by atoms with Crippen LogP contribution in [0, 0.1) is 6.92 Å². The highest BCUT2D eigenvalue weighted by molar-refractivity contribution is 7.39. The lowest BCUT2D eigenvalue weighted by atomic mass is 10.1. The Balaban J connectivity index is 0.000000217. The maximum Gasteiger partial charge on any atom is 0.0712 e. The standard InChI is InChI=1S/C14H11N.C6H15P/c1-10-5-4-8-14-12(10)9-11-6-2-3-7-13(11)15-14;1-5(2)7-6(3)4/h2-9H,1H3;5-7H,1-4H3. The van der Waals surface area contributed by atoms with E-state index in [-0.39, 0.29) is 0 Å². The maximum absolute atomic E-state index is 4.64. The Morgan fingerprint density at radius 3 is 2.09 bits per heavy atom. The van der Waals surface area contributed by atoms with Crippen molar-refractivity contribution in [3.05, 3.63) is 54.1 Å². The van der Waals surface area contributed by atoms with Gasteiger partial charge in [0.2, 0.25) is 0 Å². The summed E-state index contributed by atoms with van der Waals surface area (Å²) in [5.74, 6) is 0. The summed E-state index contributed by atoms with van der Waals surface area (Å²) in [5.41, 5.74) is 5.23. The third-order valence-corrected chi connectivity index (χ3v) is 4.78. The van der Waals surface area contributed by atoms with Crippen molar-refractivity contribution in [2.75, 3.05) is 0 Å². The zero-order chi connectivity index (χ0) is 16.1. The molecule has 0 saturated heterocycles. The lowest BCUT2D eigenvalue weighted by molar-refractivity contribution is 1.03. The van der Waals surface area contributed by atoms with Crippen LogP contribution in [0.3, 0.4) is 0 Å². The molecule has 0 fully saturated rings. The van der Waals surface area contributed by atoms with Crippen molar-refractivity contribution < 1.29 is 0 Å². The summed E-state index contributed by atoms with van der Waals surface area (Å²) in [7, 11) is 1.15. The zero-order valence-corrected chi connectivity index (χ0v) is 15.2. The van der Waals surface area contributed by atoms with Gasteiger partial charge in [-0.15, -0.1) is 8.58 Å².